The van der Waals surface area contributed by atoms with Crippen molar-refractivity contribution in [2.45, 2.75) is 34.2 Å². The van der Waals surface area contributed by atoms with Gasteiger partial charge in [0.15, 0.2) is 11.6 Å². The minimum atomic E-state index is -3.51. The molecule has 2 N–H and O–H groups in total. The smallest absolute Gasteiger partial charge is 0.396 e. The fourth-order valence-corrected chi connectivity index (χ4v) is 4.72. The second-order valence-corrected chi connectivity index (χ2v) is 9.00. The zero-order valence-electron chi connectivity index (χ0n) is 17.3. The van der Waals surface area contributed by atoms with Crippen LogP contribution in [-0.4, -0.2) is 22.8 Å². The van der Waals surface area contributed by atoms with Gasteiger partial charge >= 0.3 is 7.60 Å². The molecule has 156 valence electrons. The number of rotatable bonds is 9. The molecule has 0 aliphatic carbocycles. The molecule has 0 spiro atoms. The van der Waals surface area contributed by atoms with Crippen LogP contribution < -0.4 is 11.2 Å². The number of anilines is 1. The molecule has 8 heteroatoms. The fraction of sp³-hybridized carbons (Fsp3) is 0.381. The van der Waals surface area contributed by atoms with Crippen LogP contribution in [0.1, 0.15) is 33.3 Å². The number of imidazole rings is 1. The minimum absolute atomic E-state index is 0.166. The van der Waals surface area contributed by atoms with E-state index < -0.39 is 7.60 Å². The van der Waals surface area contributed by atoms with Crippen LogP contribution in [-0.2, 0) is 20.2 Å². The third-order valence-corrected chi connectivity index (χ3v) is 6.42. The van der Waals surface area contributed by atoms with Gasteiger partial charge in [-0.1, -0.05) is 32.6 Å². The van der Waals surface area contributed by atoms with Gasteiger partial charge in [0.2, 0.25) is 5.50 Å². The molecule has 2 heterocycles. The van der Waals surface area contributed by atoms with Gasteiger partial charge in [-0.2, -0.15) is 0 Å². The Morgan fingerprint density at radius 2 is 1.93 bits per heavy atom. The van der Waals surface area contributed by atoms with Gasteiger partial charge in [0.05, 0.1) is 24.4 Å². The number of benzene rings is 1. The van der Waals surface area contributed by atoms with E-state index in [-0.39, 0.29) is 18.7 Å². The molecule has 0 amide bonds. The zero-order chi connectivity index (χ0) is 21.2. The molecule has 29 heavy (non-hydrogen) atoms. The van der Waals surface area contributed by atoms with Crippen molar-refractivity contribution >= 4 is 35.9 Å². The molecule has 0 saturated heterocycles. The quantitative estimate of drug-likeness (QED) is 0.386. The normalized spacial score (nSPS) is 12.2. The van der Waals surface area contributed by atoms with Crippen LogP contribution in [0, 0.1) is 5.92 Å². The van der Waals surface area contributed by atoms with E-state index in [0.29, 0.717) is 28.7 Å². The summed E-state index contributed by atoms with van der Waals surface area (Å²) in [7, 11) is -3.51. The molecule has 0 fully saturated rings. The van der Waals surface area contributed by atoms with Crippen molar-refractivity contribution in [3.8, 4) is 11.6 Å². The lowest BCUT2D eigenvalue weighted by molar-refractivity contribution is 0.225. The van der Waals surface area contributed by atoms with Crippen LogP contribution in [0.3, 0.4) is 0 Å². The molecule has 3 rings (SSSR count). The van der Waals surface area contributed by atoms with Crippen molar-refractivity contribution < 1.29 is 18.0 Å². The second-order valence-electron chi connectivity index (χ2n) is 7.05. The van der Waals surface area contributed by atoms with E-state index in [1.54, 1.807) is 32.1 Å². The van der Waals surface area contributed by atoms with E-state index in [2.05, 4.69) is 25.0 Å². The Morgan fingerprint density at radius 3 is 2.52 bits per heavy atom. The summed E-state index contributed by atoms with van der Waals surface area (Å²) in [4.78, 5) is 4.76. The lowest BCUT2D eigenvalue weighted by atomic mass is 10.1. The number of aromatic nitrogens is 2. The Kier molecular flexibility index (Phi) is 6.32. The number of fused-ring (bicyclic) bond motifs is 1. The summed E-state index contributed by atoms with van der Waals surface area (Å²) in [6, 6.07) is 7.28. The summed E-state index contributed by atoms with van der Waals surface area (Å²) in [5.41, 5.74) is 9.48. The molecule has 3 aromatic rings. The predicted molar refractivity (Wildman–Crippen MR) is 117 cm³/mol. The third kappa shape index (κ3) is 4.04. The van der Waals surface area contributed by atoms with Gasteiger partial charge in [0.1, 0.15) is 5.52 Å². The highest BCUT2D eigenvalue weighted by molar-refractivity contribution is 7.61. The summed E-state index contributed by atoms with van der Waals surface area (Å²) >= 11 is 0. The van der Waals surface area contributed by atoms with Crippen molar-refractivity contribution in [1.29, 1.82) is 0 Å². The summed E-state index contributed by atoms with van der Waals surface area (Å²) in [6.07, 6.45) is 1.71. The molecular formula is C21H28N3O4P. The number of nitrogens with two attached hydrogens (primary N) is 1. The number of furan rings is 1. The van der Waals surface area contributed by atoms with Crippen LogP contribution in [0.5, 0.6) is 0 Å². The SMILES string of the molecule is C=Cc1ccc2c(nc(-c3ccc(P(=O)(OCC)OCC)o3)n2CC(C)C)c1N. The highest BCUT2D eigenvalue weighted by atomic mass is 31.2. The largest absolute Gasteiger partial charge is 0.445 e. The Bertz CT molecular complexity index is 1060. The minimum Gasteiger partial charge on any atom is -0.445 e. The second kappa shape index (κ2) is 8.57. The molecule has 7 nitrogen and oxygen atoms in total. The van der Waals surface area contributed by atoms with Gasteiger partial charge in [-0.05, 0) is 43.5 Å². The lowest BCUT2D eigenvalue weighted by Crippen LogP contribution is -2.09. The predicted octanol–water partition coefficient (Wildman–Crippen LogP) is 5.07. The molecule has 2 aromatic heterocycles. The molecule has 0 atom stereocenters. The van der Waals surface area contributed by atoms with Crippen molar-refractivity contribution in [1.82, 2.24) is 9.55 Å². The number of nitrogens with zero attached hydrogens (tertiary/aromatic N) is 2. The Labute approximate surface area is 171 Å². The van der Waals surface area contributed by atoms with Gasteiger partial charge < -0.3 is 23.8 Å². The summed E-state index contributed by atoms with van der Waals surface area (Å²) in [5.74, 6) is 1.47. The van der Waals surface area contributed by atoms with Crippen LogP contribution >= 0.6 is 7.60 Å². The zero-order valence-corrected chi connectivity index (χ0v) is 18.2. The van der Waals surface area contributed by atoms with Gasteiger partial charge in [0.25, 0.3) is 0 Å². The van der Waals surface area contributed by atoms with Crippen LogP contribution in [0.2, 0.25) is 0 Å². The van der Waals surface area contributed by atoms with E-state index in [0.717, 1.165) is 17.6 Å². The molecule has 0 bridgehead atoms. The molecule has 1 aromatic carbocycles. The monoisotopic (exact) mass is 417 g/mol. The van der Waals surface area contributed by atoms with Gasteiger partial charge in [-0.3, -0.25) is 4.57 Å². The standard InChI is InChI=1S/C21H28N3O4P/c1-6-15-9-10-16-20(19(15)22)23-21(24(16)13-14(4)5)17-11-12-18(28-17)29(25,26-7-2)27-8-3/h6,9-12,14H,1,7-8,13,22H2,2-5H3. The molecule has 0 saturated carbocycles. The van der Waals surface area contributed by atoms with Crippen molar-refractivity contribution in [3.63, 3.8) is 0 Å². The third-order valence-electron chi connectivity index (χ3n) is 4.44. The molecule has 0 aliphatic heterocycles. The highest BCUT2D eigenvalue weighted by Gasteiger charge is 2.32. The Morgan fingerprint density at radius 1 is 1.24 bits per heavy atom. The van der Waals surface area contributed by atoms with Crippen molar-refractivity contribution in [2.75, 3.05) is 18.9 Å². The maximum atomic E-state index is 13.0. The van der Waals surface area contributed by atoms with Crippen molar-refractivity contribution in [2.24, 2.45) is 5.92 Å². The number of hydrogen-bond acceptors (Lipinski definition) is 6. The molecule has 0 radical (unpaired) electrons. The first kappa shape index (κ1) is 21.4. The summed E-state index contributed by atoms with van der Waals surface area (Å²) in [5, 5.41) is 0. The summed E-state index contributed by atoms with van der Waals surface area (Å²) < 4.78 is 31.8. The first-order chi connectivity index (χ1) is 13.8. The highest BCUT2D eigenvalue weighted by Crippen LogP contribution is 2.47. The fourth-order valence-electron chi connectivity index (χ4n) is 3.24. The summed E-state index contributed by atoms with van der Waals surface area (Å²) in [6.45, 7) is 12.8. The molecule has 0 unspecified atom stereocenters. The number of hydrogen-bond donors (Lipinski definition) is 1. The molecule has 0 aliphatic rings. The average molecular weight is 417 g/mol. The first-order valence-electron chi connectivity index (χ1n) is 9.75. The van der Waals surface area contributed by atoms with Gasteiger partial charge in [-0.15, -0.1) is 0 Å². The Hall–Kier alpha value is -2.34. The van der Waals surface area contributed by atoms with E-state index in [1.165, 1.54) is 0 Å². The van der Waals surface area contributed by atoms with Crippen LogP contribution in [0.15, 0.2) is 35.3 Å². The topological polar surface area (TPSA) is 92.5 Å². The lowest BCUT2D eigenvalue weighted by Gasteiger charge is -2.14. The maximum Gasteiger partial charge on any atom is 0.396 e. The van der Waals surface area contributed by atoms with Crippen molar-refractivity contribution in [3.05, 3.63) is 36.4 Å². The average Bonchev–Trinajstić information content (AvgIpc) is 3.28. The van der Waals surface area contributed by atoms with Crippen LogP contribution in [0.4, 0.5) is 5.69 Å². The van der Waals surface area contributed by atoms with E-state index in [4.69, 9.17) is 24.2 Å². The maximum absolute atomic E-state index is 13.0. The van der Waals surface area contributed by atoms with Crippen LogP contribution in [0.25, 0.3) is 28.7 Å². The molecular weight excluding hydrogens is 389 g/mol. The van der Waals surface area contributed by atoms with E-state index in [9.17, 15) is 4.57 Å². The van der Waals surface area contributed by atoms with E-state index in [1.807, 2.05) is 12.1 Å². The Balaban J connectivity index is 2.17. The number of nitrogen functional groups attached to an aromatic ring is 1. The van der Waals surface area contributed by atoms with Gasteiger partial charge in [-0.25, -0.2) is 4.98 Å². The van der Waals surface area contributed by atoms with Gasteiger partial charge in [0, 0.05) is 6.54 Å². The van der Waals surface area contributed by atoms with E-state index >= 15 is 0 Å². The first-order valence-corrected chi connectivity index (χ1v) is 11.3.